The minimum atomic E-state index is -0.936. The fraction of sp³-hybridized carbons (Fsp3) is 0.632. The van der Waals surface area contributed by atoms with Crippen LogP contribution in [0.5, 0.6) is 5.75 Å². The molecule has 8 heteroatoms. The van der Waals surface area contributed by atoms with Crippen molar-refractivity contribution in [3.8, 4) is 5.75 Å². The molecule has 0 bridgehead atoms. The molecule has 1 aromatic carbocycles. The minimum Gasteiger partial charge on any atom is -0.492 e. The number of rotatable bonds is 8. The van der Waals surface area contributed by atoms with Gasteiger partial charge in [0.05, 0.1) is 6.10 Å². The largest absolute Gasteiger partial charge is 0.492 e. The van der Waals surface area contributed by atoms with Gasteiger partial charge in [0.2, 0.25) is 5.91 Å². The number of hydrogen-bond acceptors (Lipinski definition) is 5. The van der Waals surface area contributed by atoms with Crippen molar-refractivity contribution in [3.05, 3.63) is 24.3 Å². The second-order valence-electron chi connectivity index (χ2n) is 7.47. The second-order valence-corrected chi connectivity index (χ2v) is 7.47. The molecule has 0 heterocycles. The Kier molecular flexibility index (Phi) is 10.1. The molecular formula is C19H33Cl2N3O3. The average molecular weight is 422 g/mol. The number of nitrogens with one attached hydrogen (secondary N) is 1. The Bertz CT molecular complexity index is 614. The Labute approximate surface area is 175 Å². The highest BCUT2D eigenvalue weighted by molar-refractivity contribution is 5.99. The Morgan fingerprint density at radius 2 is 2.00 bits per heavy atom. The fourth-order valence-corrected chi connectivity index (χ4v) is 3.07. The highest BCUT2D eigenvalue weighted by atomic mass is 35.5. The van der Waals surface area contributed by atoms with E-state index in [0.717, 1.165) is 12.3 Å². The first-order chi connectivity index (χ1) is 11.7. The van der Waals surface area contributed by atoms with Gasteiger partial charge in [-0.3, -0.25) is 4.79 Å². The van der Waals surface area contributed by atoms with E-state index in [1.54, 1.807) is 0 Å². The number of hydrogen-bond donors (Lipinski definition) is 2. The number of ether oxygens (including phenoxy) is 2. The van der Waals surface area contributed by atoms with E-state index in [1.165, 1.54) is 0 Å². The summed E-state index contributed by atoms with van der Waals surface area (Å²) in [6.07, 6.45) is 0.535. The normalized spacial score (nSPS) is 22.9. The smallest absolute Gasteiger partial charge is 0.245 e. The maximum absolute atomic E-state index is 12.8. The van der Waals surface area contributed by atoms with Gasteiger partial charge in [0.1, 0.15) is 17.9 Å². The van der Waals surface area contributed by atoms with Gasteiger partial charge >= 0.3 is 0 Å². The van der Waals surface area contributed by atoms with Crippen LogP contribution >= 0.6 is 24.8 Å². The van der Waals surface area contributed by atoms with E-state index >= 15 is 0 Å². The van der Waals surface area contributed by atoms with E-state index in [0.29, 0.717) is 25.3 Å². The number of carbonyl (C=O) groups is 1. The summed E-state index contributed by atoms with van der Waals surface area (Å²) in [6.45, 7) is 7.96. The van der Waals surface area contributed by atoms with E-state index < -0.39 is 11.0 Å². The third kappa shape index (κ3) is 5.72. The Morgan fingerprint density at radius 1 is 1.33 bits per heavy atom. The summed E-state index contributed by atoms with van der Waals surface area (Å²) in [5, 5.41) is 2.93. The third-order valence-corrected chi connectivity index (χ3v) is 5.13. The maximum Gasteiger partial charge on any atom is 0.245 e. The molecule has 1 aromatic rings. The van der Waals surface area contributed by atoms with Gasteiger partial charge in [0.25, 0.3) is 0 Å². The van der Waals surface area contributed by atoms with Gasteiger partial charge < -0.3 is 25.4 Å². The molecule has 0 saturated heterocycles. The van der Waals surface area contributed by atoms with E-state index in [4.69, 9.17) is 15.2 Å². The van der Waals surface area contributed by atoms with Crippen molar-refractivity contribution in [1.82, 2.24) is 4.90 Å². The van der Waals surface area contributed by atoms with Crippen molar-refractivity contribution in [1.29, 1.82) is 0 Å². The number of halogens is 2. The van der Waals surface area contributed by atoms with Crippen LogP contribution < -0.4 is 15.8 Å². The van der Waals surface area contributed by atoms with Crippen molar-refractivity contribution in [2.24, 2.45) is 11.1 Å². The molecule has 1 saturated carbocycles. The standard InChI is InChI=1S/C19H31N3O3.2ClH/c1-6-24-16-13-19(20,18(16,2)3)17(23)21-14-8-7-9-15(12-14)25-11-10-22(4)5;;/h7-9,12,16H,6,10-11,13,20H2,1-5H3,(H,21,23);2*1H. The molecule has 2 unspecified atom stereocenters. The number of carbonyl (C=O) groups excluding carboxylic acids is 1. The van der Waals surface area contributed by atoms with Crippen LogP contribution in [0.3, 0.4) is 0 Å². The lowest BCUT2D eigenvalue weighted by Gasteiger charge is -2.57. The zero-order chi connectivity index (χ0) is 18.7. The van der Waals surface area contributed by atoms with Crippen LogP contribution in [0.2, 0.25) is 0 Å². The zero-order valence-corrected chi connectivity index (χ0v) is 18.4. The van der Waals surface area contributed by atoms with Crippen molar-refractivity contribution in [2.75, 3.05) is 39.2 Å². The van der Waals surface area contributed by atoms with Crippen LogP contribution in [0.1, 0.15) is 27.2 Å². The van der Waals surface area contributed by atoms with Gasteiger partial charge in [0.15, 0.2) is 0 Å². The van der Waals surface area contributed by atoms with Crippen LogP contribution in [0.25, 0.3) is 0 Å². The fourth-order valence-electron chi connectivity index (χ4n) is 3.07. The zero-order valence-electron chi connectivity index (χ0n) is 16.8. The lowest BCUT2D eigenvalue weighted by atomic mass is 9.54. The van der Waals surface area contributed by atoms with Crippen LogP contribution in [-0.2, 0) is 9.53 Å². The molecule has 0 aliphatic heterocycles. The summed E-state index contributed by atoms with van der Waals surface area (Å²) < 4.78 is 11.4. The van der Waals surface area contributed by atoms with Crippen molar-refractivity contribution in [2.45, 2.75) is 38.8 Å². The molecule has 27 heavy (non-hydrogen) atoms. The Hall–Kier alpha value is -1.05. The number of likely N-dealkylation sites (N-methyl/N-ethyl adjacent to an activating group) is 1. The number of amides is 1. The SMILES string of the molecule is CCOC1CC(N)(C(=O)Nc2cccc(OCCN(C)C)c2)C1(C)C.Cl.Cl. The summed E-state index contributed by atoms with van der Waals surface area (Å²) >= 11 is 0. The Morgan fingerprint density at radius 3 is 2.56 bits per heavy atom. The second kappa shape index (κ2) is 10.5. The molecule has 0 spiro atoms. The molecule has 1 aliphatic carbocycles. The lowest BCUT2D eigenvalue weighted by molar-refractivity contribution is -0.166. The van der Waals surface area contributed by atoms with Gasteiger partial charge in [0, 0.05) is 36.7 Å². The molecule has 0 aromatic heterocycles. The van der Waals surface area contributed by atoms with Crippen molar-refractivity contribution in [3.63, 3.8) is 0 Å². The molecule has 2 atom stereocenters. The maximum atomic E-state index is 12.8. The van der Waals surface area contributed by atoms with E-state index in [2.05, 4.69) is 10.2 Å². The molecule has 3 N–H and O–H groups in total. The van der Waals surface area contributed by atoms with Crippen LogP contribution in [-0.4, -0.2) is 56.3 Å². The third-order valence-electron chi connectivity index (χ3n) is 5.13. The number of nitrogens with two attached hydrogens (primary N) is 1. The summed E-state index contributed by atoms with van der Waals surface area (Å²) in [6, 6.07) is 7.40. The highest BCUT2D eigenvalue weighted by Gasteiger charge is 2.62. The van der Waals surface area contributed by atoms with Crippen LogP contribution in [0.4, 0.5) is 5.69 Å². The molecule has 6 nitrogen and oxygen atoms in total. The van der Waals surface area contributed by atoms with Gasteiger partial charge in [-0.25, -0.2) is 0 Å². The monoisotopic (exact) mass is 421 g/mol. The Balaban J connectivity index is 0.00000338. The average Bonchev–Trinajstić information content (AvgIpc) is 2.54. The summed E-state index contributed by atoms with van der Waals surface area (Å²) in [5.41, 5.74) is 5.76. The number of benzene rings is 1. The molecular weight excluding hydrogens is 389 g/mol. The highest BCUT2D eigenvalue weighted by Crippen LogP contribution is 2.50. The van der Waals surface area contributed by atoms with Crippen LogP contribution in [0, 0.1) is 5.41 Å². The molecule has 1 aliphatic rings. The number of anilines is 1. The first-order valence-corrected chi connectivity index (χ1v) is 8.80. The van der Waals surface area contributed by atoms with Gasteiger partial charge in [-0.15, -0.1) is 24.8 Å². The summed E-state index contributed by atoms with van der Waals surface area (Å²) in [7, 11) is 3.99. The van der Waals surface area contributed by atoms with Gasteiger partial charge in [-0.1, -0.05) is 19.9 Å². The number of nitrogens with zero attached hydrogens (tertiary/aromatic N) is 1. The van der Waals surface area contributed by atoms with Gasteiger partial charge in [-0.05, 0) is 33.2 Å². The quantitative estimate of drug-likeness (QED) is 0.674. The summed E-state index contributed by atoms with van der Waals surface area (Å²) in [5.74, 6) is 0.546. The first kappa shape index (κ1) is 26.0. The molecule has 0 radical (unpaired) electrons. The van der Waals surface area contributed by atoms with E-state index in [-0.39, 0.29) is 36.8 Å². The molecule has 2 rings (SSSR count). The van der Waals surface area contributed by atoms with Crippen LogP contribution in [0.15, 0.2) is 24.3 Å². The lowest BCUT2D eigenvalue weighted by Crippen LogP contribution is -2.74. The van der Waals surface area contributed by atoms with Crippen molar-refractivity contribution < 1.29 is 14.3 Å². The van der Waals surface area contributed by atoms with Crippen molar-refractivity contribution >= 4 is 36.4 Å². The van der Waals surface area contributed by atoms with E-state index in [9.17, 15) is 4.79 Å². The summed E-state index contributed by atoms with van der Waals surface area (Å²) in [4.78, 5) is 14.8. The predicted molar refractivity (Wildman–Crippen MR) is 114 cm³/mol. The minimum absolute atomic E-state index is 0. The molecule has 1 amide bonds. The topological polar surface area (TPSA) is 76.8 Å². The molecule has 156 valence electrons. The first-order valence-electron chi connectivity index (χ1n) is 8.80. The molecule has 1 fully saturated rings. The van der Waals surface area contributed by atoms with Gasteiger partial charge in [-0.2, -0.15) is 0 Å². The van der Waals surface area contributed by atoms with E-state index in [1.807, 2.05) is 59.1 Å². The predicted octanol–water partition coefficient (Wildman–Crippen LogP) is 2.94.